The van der Waals surface area contributed by atoms with Gasteiger partial charge in [-0.2, -0.15) is 5.10 Å². The zero-order valence-electron chi connectivity index (χ0n) is 13.6. The van der Waals surface area contributed by atoms with Crippen molar-refractivity contribution in [1.29, 1.82) is 0 Å². The molecule has 1 aromatic heterocycles. The summed E-state index contributed by atoms with van der Waals surface area (Å²) >= 11 is 0. The van der Waals surface area contributed by atoms with Crippen LogP contribution in [0.3, 0.4) is 0 Å². The minimum atomic E-state index is -3.61. The fourth-order valence-corrected chi connectivity index (χ4v) is 3.10. The molecule has 0 atom stereocenters. The van der Waals surface area contributed by atoms with Gasteiger partial charge in [0.15, 0.2) is 0 Å². The lowest BCUT2D eigenvalue weighted by Gasteiger charge is -2.15. The Balaban J connectivity index is 2.22. The van der Waals surface area contributed by atoms with Gasteiger partial charge in [-0.25, -0.2) is 17.4 Å². The summed E-state index contributed by atoms with van der Waals surface area (Å²) in [6, 6.07) is 9.00. The number of rotatable bonds is 5. The number of sulfonamides is 1. The number of aryl methyl sites for hydroxylation is 1. The maximum atomic E-state index is 12.3. The molecule has 2 aromatic rings. The van der Waals surface area contributed by atoms with Crippen molar-refractivity contribution in [3.63, 3.8) is 0 Å². The van der Waals surface area contributed by atoms with Gasteiger partial charge in [0.25, 0.3) is 11.5 Å². The lowest BCUT2D eigenvalue weighted by molar-refractivity contribution is 0.0943. The first-order valence-corrected chi connectivity index (χ1v) is 8.50. The van der Waals surface area contributed by atoms with E-state index >= 15 is 0 Å². The van der Waals surface area contributed by atoms with Crippen LogP contribution in [0.15, 0.2) is 46.1 Å². The second-order valence-corrected chi connectivity index (χ2v) is 7.38. The number of hydrogen-bond donors (Lipinski definition) is 1. The van der Waals surface area contributed by atoms with Crippen LogP contribution in [0.4, 0.5) is 0 Å². The van der Waals surface area contributed by atoms with Crippen LogP contribution < -0.4 is 10.9 Å². The molecule has 128 valence electrons. The summed E-state index contributed by atoms with van der Waals surface area (Å²) in [6.07, 6.45) is 0. The van der Waals surface area contributed by atoms with Crippen LogP contribution in [0.2, 0.25) is 0 Å². The zero-order valence-corrected chi connectivity index (χ0v) is 14.4. The quantitative estimate of drug-likeness (QED) is 0.815. The van der Waals surface area contributed by atoms with Gasteiger partial charge in [-0.05, 0) is 17.7 Å². The molecule has 0 aliphatic rings. The molecule has 1 aromatic carbocycles. The Morgan fingerprint density at radius 2 is 1.88 bits per heavy atom. The van der Waals surface area contributed by atoms with Crippen LogP contribution in [0.5, 0.6) is 0 Å². The SMILES string of the molecule is CN(C)S(=O)(=O)c1ccccc1CNC(=O)c1ccc(=O)n(C)n1. The van der Waals surface area contributed by atoms with Crippen molar-refractivity contribution in [2.45, 2.75) is 11.4 Å². The average molecular weight is 350 g/mol. The molecule has 0 bridgehead atoms. The molecular weight excluding hydrogens is 332 g/mol. The fraction of sp³-hybridized carbons (Fsp3) is 0.267. The van der Waals surface area contributed by atoms with E-state index in [2.05, 4.69) is 10.4 Å². The number of aromatic nitrogens is 2. The van der Waals surface area contributed by atoms with Crippen LogP contribution in [0.25, 0.3) is 0 Å². The van der Waals surface area contributed by atoms with Crippen molar-refractivity contribution < 1.29 is 13.2 Å². The van der Waals surface area contributed by atoms with E-state index in [0.29, 0.717) is 5.56 Å². The van der Waals surface area contributed by atoms with Gasteiger partial charge in [0.2, 0.25) is 10.0 Å². The van der Waals surface area contributed by atoms with E-state index < -0.39 is 15.9 Å². The van der Waals surface area contributed by atoms with Gasteiger partial charge in [0, 0.05) is 33.8 Å². The molecule has 0 fully saturated rings. The average Bonchev–Trinajstić information content (AvgIpc) is 2.55. The third-order valence-electron chi connectivity index (χ3n) is 3.36. The number of carbonyl (C=O) groups excluding carboxylic acids is 1. The van der Waals surface area contributed by atoms with E-state index in [1.165, 1.54) is 39.3 Å². The number of carbonyl (C=O) groups is 1. The van der Waals surface area contributed by atoms with Gasteiger partial charge < -0.3 is 5.32 Å². The highest BCUT2D eigenvalue weighted by molar-refractivity contribution is 7.89. The summed E-state index contributed by atoms with van der Waals surface area (Å²) in [5.41, 5.74) is 0.211. The number of nitrogens with zero attached hydrogens (tertiary/aromatic N) is 3. The van der Waals surface area contributed by atoms with Gasteiger partial charge in [-0.15, -0.1) is 0 Å². The van der Waals surface area contributed by atoms with Gasteiger partial charge in [-0.3, -0.25) is 9.59 Å². The highest BCUT2D eigenvalue weighted by Gasteiger charge is 2.21. The molecule has 2 rings (SSSR count). The Bertz CT molecular complexity index is 919. The van der Waals surface area contributed by atoms with Crippen molar-refractivity contribution in [1.82, 2.24) is 19.4 Å². The Kier molecular flexibility index (Phi) is 5.15. The van der Waals surface area contributed by atoms with Crippen molar-refractivity contribution in [2.75, 3.05) is 14.1 Å². The molecule has 8 nitrogen and oxygen atoms in total. The monoisotopic (exact) mass is 350 g/mol. The maximum absolute atomic E-state index is 12.3. The van der Waals surface area contributed by atoms with Gasteiger partial charge in [0.05, 0.1) is 4.90 Å². The molecule has 1 N–H and O–H groups in total. The third-order valence-corrected chi connectivity index (χ3v) is 5.28. The van der Waals surface area contributed by atoms with Gasteiger partial charge >= 0.3 is 0 Å². The smallest absolute Gasteiger partial charge is 0.271 e. The van der Waals surface area contributed by atoms with E-state index in [-0.39, 0.29) is 22.7 Å². The minimum absolute atomic E-state index is 0.0204. The Labute approximate surface area is 139 Å². The predicted molar refractivity (Wildman–Crippen MR) is 88.0 cm³/mol. The van der Waals surface area contributed by atoms with Crippen molar-refractivity contribution in [3.05, 3.63) is 58.0 Å². The summed E-state index contributed by atoms with van der Waals surface area (Å²) in [5.74, 6) is -0.498. The first-order chi connectivity index (χ1) is 11.2. The Morgan fingerprint density at radius 1 is 1.21 bits per heavy atom. The molecule has 0 saturated carbocycles. The molecule has 24 heavy (non-hydrogen) atoms. The van der Waals surface area contributed by atoms with Crippen molar-refractivity contribution in [3.8, 4) is 0 Å². The molecule has 0 radical (unpaired) electrons. The predicted octanol–water partition coefficient (Wildman–Crippen LogP) is -0.0394. The highest BCUT2D eigenvalue weighted by atomic mass is 32.2. The first kappa shape index (κ1) is 17.8. The van der Waals surface area contributed by atoms with E-state index in [1.54, 1.807) is 18.2 Å². The minimum Gasteiger partial charge on any atom is -0.347 e. The van der Waals surface area contributed by atoms with E-state index in [0.717, 1.165) is 8.99 Å². The van der Waals surface area contributed by atoms with E-state index in [9.17, 15) is 18.0 Å². The van der Waals surface area contributed by atoms with Gasteiger partial charge in [0.1, 0.15) is 5.69 Å². The summed E-state index contributed by atoms with van der Waals surface area (Å²) in [5, 5.41) is 6.46. The molecule has 1 heterocycles. The number of hydrogen-bond acceptors (Lipinski definition) is 5. The molecular formula is C15H18N4O4S. The highest BCUT2D eigenvalue weighted by Crippen LogP contribution is 2.18. The number of benzene rings is 1. The Morgan fingerprint density at radius 3 is 2.50 bits per heavy atom. The van der Waals surface area contributed by atoms with Crippen molar-refractivity contribution >= 4 is 15.9 Å². The van der Waals surface area contributed by atoms with Crippen LogP contribution >= 0.6 is 0 Å². The summed E-state index contributed by atoms with van der Waals surface area (Å²) in [7, 11) is 0.718. The van der Waals surface area contributed by atoms with Gasteiger partial charge in [-0.1, -0.05) is 18.2 Å². The van der Waals surface area contributed by atoms with Crippen molar-refractivity contribution in [2.24, 2.45) is 7.05 Å². The Hall–Kier alpha value is -2.52. The number of amides is 1. The largest absolute Gasteiger partial charge is 0.347 e. The lowest BCUT2D eigenvalue weighted by Crippen LogP contribution is -2.29. The van der Waals surface area contributed by atoms with Crippen LogP contribution in [-0.2, 0) is 23.6 Å². The molecule has 0 spiro atoms. The molecule has 9 heteroatoms. The summed E-state index contributed by atoms with van der Waals surface area (Å²) in [6.45, 7) is 0.0204. The molecule has 0 saturated heterocycles. The molecule has 0 aliphatic heterocycles. The normalized spacial score (nSPS) is 11.5. The number of nitrogens with one attached hydrogen (secondary N) is 1. The molecule has 0 aliphatic carbocycles. The topological polar surface area (TPSA) is 101 Å². The standard InChI is InChI=1S/C15H18N4O4S/c1-18(2)24(22,23)13-7-5-4-6-11(13)10-16-15(21)12-8-9-14(20)19(3)17-12/h4-9H,10H2,1-3H3,(H,16,21). The fourth-order valence-electron chi connectivity index (χ4n) is 1.99. The third kappa shape index (κ3) is 3.69. The second-order valence-electron chi connectivity index (χ2n) is 5.26. The maximum Gasteiger partial charge on any atom is 0.271 e. The van der Waals surface area contributed by atoms with Crippen LogP contribution in [-0.4, -0.2) is 42.5 Å². The second kappa shape index (κ2) is 6.93. The van der Waals surface area contributed by atoms with E-state index in [4.69, 9.17) is 0 Å². The summed E-state index contributed by atoms with van der Waals surface area (Å²) in [4.78, 5) is 23.5. The van der Waals surface area contributed by atoms with E-state index in [1.807, 2.05) is 0 Å². The summed E-state index contributed by atoms with van der Waals surface area (Å²) < 4.78 is 26.8. The zero-order chi connectivity index (χ0) is 17.9. The lowest BCUT2D eigenvalue weighted by atomic mass is 10.2. The molecule has 0 unspecified atom stereocenters. The van der Waals surface area contributed by atoms with Crippen LogP contribution in [0.1, 0.15) is 16.1 Å². The molecule has 1 amide bonds. The van der Waals surface area contributed by atoms with Crippen LogP contribution in [0, 0.1) is 0 Å². The first-order valence-electron chi connectivity index (χ1n) is 7.06.